The van der Waals surface area contributed by atoms with Crippen molar-refractivity contribution in [1.82, 2.24) is 9.55 Å². The molecule has 0 bridgehead atoms. The van der Waals surface area contributed by atoms with Crippen molar-refractivity contribution in [3.63, 3.8) is 0 Å². The quantitative estimate of drug-likeness (QED) is 0.739. The topological polar surface area (TPSA) is 64.8 Å². The van der Waals surface area contributed by atoms with Crippen LogP contribution in [-0.4, -0.2) is 15.6 Å². The average molecular weight is 311 g/mol. The summed E-state index contributed by atoms with van der Waals surface area (Å²) < 4.78 is 16.5. The molecule has 0 saturated carbocycles. The highest BCUT2D eigenvalue weighted by Gasteiger charge is 2.25. The number of benzene rings is 1. The number of aryl methyl sites for hydroxylation is 2. The number of amides is 1. The predicted molar refractivity (Wildman–Crippen MR) is 83.6 cm³/mol. The van der Waals surface area contributed by atoms with Crippen molar-refractivity contribution >= 4 is 6.03 Å². The number of carbonyl (C=O) groups is 1. The van der Waals surface area contributed by atoms with Gasteiger partial charge < -0.3 is 0 Å². The van der Waals surface area contributed by atoms with Gasteiger partial charge in [0.2, 0.25) is 5.82 Å². The van der Waals surface area contributed by atoms with E-state index in [1.807, 2.05) is 29.8 Å². The van der Waals surface area contributed by atoms with E-state index in [0.29, 0.717) is 17.1 Å². The molecule has 0 aliphatic heterocycles. The number of pyridine rings is 1. The molecule has 2 N–H and O–H groups in total. The summed E-state index contributed by atoms with van der Waals surface area (Å²) in [6.45, 7) is 3.68. The molecule has 0 aliphatic rings. The van der Waals surface area contributed by atoms with Gasteiger partial charge in [0.15, 0.2) is 0 Å². The molecule has 116 valence electrons. The normalized spacial score (nSPS) is 10.7. The number of hydrogen-bond donors (Lipinski definition) is 1. The van der Waals surface area contributed by atoms with Crippen molar-refractivity contribution in [3.8, 4) is 17.1 Å². The summed E-state index contributed by atoms with van der Waals surface area (Å²) in [5, 5.41) is 0. The Labute approximate surface area is 132 Å². The molecule has 0 unspecified atom stereocenters. The van der Waals surface area contributed by atoms with Gasteiger partial charge >= 0.3 is 6.03 Å². The summed E-state index contributed by atoms with van der Waals surface area (Å²) in [5.74, 6) is 0.231. The van der Waals surface area contributed by atoms with Gasteiger partial charge in [-0.1, -0.05) is 0 Å². The first kappa shape index (κ1) is 14.9. The Bertz CT molecular complexity index is 884. The van der Waals surface area contributed by atoms with E-state index in [-0.39, 0.29) is 5.82 Å². The molecule has 0 fully saturated rings. The summed E-state index contributed by atoms with van der Waals surface area (Å²) in [6.07, 6.45) is 3.52. The van der Waals surface area contributed by atoms with Crippen LogP contribution < -0.4 is 10.3 Å². The molecular weight excluding hydrogens is 295 g/mol. The lowest BCUT2D eigenvalue weighted by molar-refractivity contribution is -0.563. The third-order valence-corrected chi connectivity index (χ3v) is 3.59. The second-order valence-electron chi connectivity index (χ2n) is 5.30. The van der Waals surface area contributed by atoms with Crippen LogP contribution in [0.5, 0.6) is 0 Å². The third-order valence-electron chi connectivity index (χ3n) is 3.59. The van der Waals surface area contributed by atoms with Gasteiger partial charge in [-0.25, -0.2) is 13.8 Å². The Morgan fingerprint density at radius 3 is 2.52 bits per heavy atom. The summed E-state index contributed by atoms with van der Waals surface area (Å²) >= 11 is 0. The summed E-state index contributed by atoms with van der Waals surface area (Å²) in [4.78, 5) is 16.1. The highest BCUT2D eigenvalue weighted by molar-refractivity contribution is 5.67. The molecule has 0 spiro atoms. The van der Waals surface area contributed by atoms with Crippen molar-refractivity contribution in [2.45, 2.75) is 13.8 Å². The van der Waals surface area contributed by atoms with Crippen LogP contribution in [-0.2, 0) is 0 Å². The van der Waals surface area contributed by atoms with Crippen LogP contribution in [0.4, 0.5) is 9.18 Å². The van der Waals surface area contributed by atoms with Crippen LogP contribution in [0.15, 0.2) is 48.8 Å². The molecule has 1 amide bonds. The maximum atomic E-state index is 13.2. The number of halogens is 1. The van der Waals surface area contributed by atoms with Crippen molar-refractivity contribution in [2.75, 3.05) is 0 Å². The molecule has 1 aromatic carbocycles. The number of aromatic nitrogens is 3. The Morgan fingerprint density at radius 1 is 1.22 bits per heavy atom. The number of nitrogens with two attached hydrogens (primary N) is 1. The lowest BCUT2D eigenvalue weighted by Crippen LogP contribution is -2.50. The van der Waals surface area contributed by atoms with Crippen LogP contribution in [0, 0.1) is 19.7 Å². The Kier molecular flexibility index (Phi) is 3.65. The highest BCUT2D eigenvalue weighted by atomic mass is 19.1. The lowest BCUT2D eigenvalue weighted by atomic mass is 10.2. The minimum Gasteiger partial charge on any atom is -0.283 e. The van der Waals surface area contributed by atoms with E-state index in [9.17, 15) is 9.18 Å². The molecule has 0 saturated heterocycles. The third kappa shape index (κ3) is 2.70. The van der Waals surface area contributed by atoms with Crippen LogP contribution in [0.25, 0.3) is 17.1 Å². The van der Waals surface area contributed by atoms with Gasteiger partial charge in [-0.05, 0) is 50.2 Å². The zero-order valence-electron chi connectivity index (χ0n) is 12.8. The lowest BCUT2D eigenvalue weighted by Gasteiger charge is -2.06. The average Bonchev–Trinajstić information content (AvgIpc) is 2.85. The van der Waals surface area contributed by atoms with Crippen LogP contribution in [0.3, 0.4) is 0 Å². The Balaban J connectivity index is 2.30. The number of hydrogen-bond acceptors (Lipinski definition) is 2. The molecule has 2 aromatic heterocycles. The molecule has 5 nitrogen and oxygen atoms in total. The summed E-state index contributed by atoms with van der Waals surface area (Å²) in [7, 11) is 0. The van der Waals surface area contributed by atoms with E-state index in [2.05, 4.69) is 4.98 Å². The second-order valence-corrected chi connectivity index (χ2v) is 5.30. The number of rotatable bonds is 2. The van der Waals surface area contributed by atoms with Crippen molar-refractivity contribution in [1.29, 1.82) is 0 Å². The van der Waals surface area contributed by atoms with Crippen LogP contribution in [0.2, 0.25) is 0 Å². The first-order valence-corrected chi connectivity index (χ1v) is 7.10. The first-order chi connectivity index (χ1) is 11.0. The molecule has 0 aliphatic carbocycles. The number of primary amides is 1. The molecule has 3 aromatic rings. The summed E-state index contributed by atoms with van der Waals surface area (Å²) in [5.41, 5.74) is 8.60. The van der Waals surface area contributed by atoms with E-state index in [1.54, 1.807) is 25.3 Å². The standard InChI is InChI=1S/C17H15FN4O/c1-11-9-15(7-8-20-11)21-10-12(2)22(17(19)23)16(21)13-3-5-14(18)6-4-13/h3-10H,1-2H3,(H-,19,23)/p+1. The van der Waals surface area contributed by atoms with Gasteiger partial charge in [-0.15, -0.1) is 0 Å². The maximum absolute atomic E-state index is 13.2. The van der Waals surface area contributed by atoms with Gasteiger partial charge in [0, 0.05) is 17.5 Å². The molecule has 3 rings (SSSR count). The molecule has 2 heterocycles. The fourth-order valence-corrected chi connectivity index (χ4v) is 2.60. The smallest absolute Gasteiger partial charge is 0.283 e. The Hall–Kier alpha value is -3.02. The largest absolute Gasteiger partial charge is 0.439 e. The van der Waals surface area contributed by atoms with E-state index < -0.39 is 6.03 Å². The molecular formula is C17H16FN4O+. The zero-order valence-corrected chi connectivity index (χ0v) is 12.8. The van der Waals surface area contributed by atoms with E-state index in [1.165, 1.54) is 16.7 Å². The predicted octanol–water partition coefficient (Wildman–Crippen LogP) is 2.51. The maximum Gasteiger partial charge on any atom is 0.439 e. The van der Waals surface area contributed by atoms with Gasteiger partial charge in [-0.3, -0.25) is 10.7 Å². The molecule has 23 heavy (non-hydrogen) atoms. The van der Waals surface area contributed by atoms with Gasteiger partial charge in [0.25, 0.3) is 0 Å². The molecule has 0 radical (unpaired) electrons. The fraction of sp³-hybridized carbons (Fsp3) is 0.118. The number of nitrogens with zero attached hydrogens (tertiary/aromatic N) is 3. The minimum atomic E-state index is -0.591. The van der Waals surface area contributed by atoms with E-state index in [0.717, 1.165) is 11.4 Å². The van der Waals surface area contributed by atoms with E-state index in [4.69, 9.17) is 5.73 Å². The van der Waals surface area contributed by atoms with E-state index >= 15 is 0 Å². The second kappa shape index (κ2) is 5.64. The zero-order chi connectivity index (χ0) is 16.6. The fourth-order valence-electron chi connectivity index (χ4n) is 2.60. The van der Waals surface area contributed by atoms with Gasteiger partial charge in [-0.2, -0.15) is 4.57 Å². The SMILES string of the molecule is Cc1cc(-n2cc(C)[n+](C(N)=O)c2-c2ccc(F)cc2)ccn1. The number of carbonyl (C=O) groups excluding carboxylic acids is 1. The van der Waals surface area contributed by atoms with Crippen molar-refractivity contribution < 1.29 is 13.8 Å². The highest BCUT2D eigenvalue weighted by Crippen LogP contribution is 2.22. The van der Waals surface area contributed by atoms with Gasteiger partial charge in [0.1, 0.15) is 23.4 Å². The van der Waals surface area contributed by atoms with Crippen LogP contribution in [0.1, 0.15) is 11.4 Å². The van der Waals surface area contributed by atoms with Crippen molar-refractivity contribution in [2.24, 2.45) is 5.73 Å². The van der Waals surface area contributed by atoms with Crippen LogP contribution >= 0.6 is 0 Å². The Morgan fingerprint density at radius 2 is 1.91 bits per heavy atom. The monoisotopic (exact) mass is 311 g/mol. The molecule has 0 atom stereocenters. The van der Waals surface area contributed by atoms with Crippen molar-refractivity contribution in [3.05, 3.63) is 66.0 Å². The molecule has 6 heteroatoms. The number of imidazole rings is 1. The van der Waals surface area contributed by atoms with Gasteiger partial charge in [0.05, 0.1) is 0 Å². The first-order valence-electron chi connectivity index (χ1n) is 7.10. The summed E-state index contributed by atoms with van der Waals surface area (Å²) in [6, 6.07) is 9.09. The minimum absolute atomic E-state index is 0.339.